The van der Waals surface area contributed by atoms with Crippen LogP contribution in [0.5, 0.6) is 5.75 Å². The zero-order chi connectivity index (χ0) is 27.3. The van der Waals surface area contributed by atoms with Crippen molar-refractivity contribution < 1.29 is 27.5 Å². The number of thiophene rings is 1. The molecule has 0 saturated carbocycles. The van der Waals surface area contributed by atoms with Crippen molar-refractivity contribution in [3.8, 4) is 5.75 Å². The fraction of sp³-hybridized carbons (Fsp3) is 0.333. The van der Waals surface area contributed by atoms with E-state index in [-0.39, 0.29) is 17.2 Å². The number of carbonyl (C=O) groups is 2. The Morgan fingerprint density at radius 1 is 1.00 bits per heavy atom. The number of sulfonamides is 1. The van der Waals surface area contributed by atoms with Gasteiger partial charge in [0.15, 0.2) is 0 Å². The van der Waals surface area contributed by atoms with Crippen molar-refractivity contribution in [1.29, 1.82) is 0 Å². The number of esters is 1. The van der Waals surface area contributed by atoms with Crippen LogP contribution >= 0.6 is 22.9 Å². The molecule has 3 aromatic rings. The first-order valence-corrected chi connectivity index (χ1v) is 15.0. The molecular formula is C27H29ClN2O6S2. The van der Waals surface area contributed by atoms with Gasteiger partial charge in [-0.2, -0.15) is 0 Å². The second-order valence-corrected chi connectivity index (χ2v) is 12.0. The topological polar surface area (TPSA) is 102 Å². The number of ether oxygens (including phenoxy) is 2. The average Bonchev–Trinajstić information content (AvgIpc) is 3.26. The molecular weight excluding hydrogens is 548 g/mol. The molecule has 1 aliphatic carbocycles. The Hall–Kier alpha value is -3.08. The van der Waals surface area contributed by atoms with E-state index < -0.39 is 28.4 Å². The molecule has 0 spiro atoms. The Balaban J connectivity index is 1.67. The number of aryl methyl sites for hydroxylation is 1. The predicted octanol–water partition coefficient (Wildman–Crippen LogP) is 5.69. The highest BCUT2D eigenvalue weighted by molar-refractivity contribution is 7.92. The molecule has 0 aliphatic heterocycles. The Kier molecular flexibility index (Phi) is 8.96. The van der Waals surface area contributed by atoms with Crippen LogP contribution in [0.2, 0.25) is 5.02 Å². The molecule has 0 bridgehead atoms. The molecule has 4 rings (SSSR count). The van der Waals surface area contributed by atoms with E-state index in [9.17, 15) is 18.0 Å². The maximum atomic E-state index is 13.7. The molecule has 1 N–H and O–H groups in total. The molecule has 8 nitrogen and oxygen atoms in total. The van der Waals surface area contributed by atoms with E-state index in [1.807, 2.05) is 6.92 Å². The van der Waals surface area contributed by atoms with Gasteiger partial charge in [0.2, 0.25) is 5.91 Å². The van der Waals surface area contributed by atoms with Gasteiger partial charge in [0.05, 0.1) is 29.4 Å². The van der Waals surface area contributed by atoms with Gasteiger partial charge in [-0.1, -0.05) is 11.6 Å². The van der Waals surface area contributed by atoms with Crippen LogP contribution in [0.4, 0.5) is 10.7 Å². The molecule has 0 radical (unpaired) electrons. The molecule has 0 unspecified atom stereocenters. The highest BCUT2D eigenvalue weighted by Crippen LogP contribution is 2.39. The molecule has 1 heterocycles. The van der Waals surface area contributed by atoms with E-state index in [4.69, 9.17) is 21.1 Å². The summed E-state index contributed by atoms with van der Waals surface area (Å²) in [5.74, 6) is -0.493. The van der Waals surface area contributed by atoms with E-state index in [2.05, 4.69) is 5.32 Å². The third kappa shape index (κ3) is 6.14. The van der Waals surface area contributed by atoms with Gasteiger partial charge < -0.3 is 14.8 Å². The summed E-state index contributed by atoms with van der Waals surface area (Å²) >= 11 is 7.31. The minimum Gasteiger partial charge on any atom is -0.494 e. The summed E-state index contributed by atoms with van der Waals surface area (Å²) in [6, 6.07) is 12.2. The van der Waals surface area contributed by atoms with Crippen molar-refractivity contribution in [2.45, 2.75) is 44.4 Å². The molecule has 202 valence electrons. The van der Waals surface area contributed by atoms with Gasteiger partial charge in [0, 0.05) is 9.90 Å². The molecule has 2 aromatic carbocycles. The summed E-state index contributed by atoms with van der Waals surface area (Å²) in [6.45, 7) is 3.74. The van der Waals surface area contributed by atoms with E-state index in [1.54, 1.807) is 31.2 Å². The minimum atomic E-state index is -4.14. The number of nitrogens with zero attached hydrogens (tertiary/aromatic N) is 1. The fourth-order valence-corrected chi connectivity index (χ4v) is 7.13. The van der Waals surface area contributed by atoms with Gasteiger partial charge in [-0.25, -0.2) is 13.2 Å². The quantitative estimate of drug-likeness (QED) is 0.311. The number of halogens is 1. The number of carbonyl (C=O) groups excluding carboxylic acids is 2. The summed E-state index contributed by atoms with van der Waals surface area (Å²) in [5.41, 5.74) is 1.56. The second kappa shape index (κ2) is 12.2. The Morgan fingerprint density at radius 3 is 2.34 bits per heavy atom. The van der Waals surface area contributed by atoms with Gasteiger partial charge >= 0.3 is 5.97 Å². The van der Waals surface area contributed by atoms with E-state index in [1.165, 1.54) is 35.6 Å². The van der Waals surface area contributed by atoms with E-state index in [0.717, 1.165) is 40.4 Å². The molecule has 38 heavy (non-hydrogen) atoms. The van der Waals surface area contributed by atoms with Crippen molar-refractivity contribution in [3.05, 3.63) is 69.6 Å². The van der Waals surface area contributed by atoms with Gasteiger partial charge in [0.25, 0.3) is 10.0 Å². The molecule has 1 aromatic heterocycles. The monoisotopic (exact) mass is 576 g/mol. The van der Waals surface area contributed by atoms with Crippen molar-refractivity contribution in [3.63, 3.8) is 0 Å². The Labute approximate surface area is 231 Å². The first-order valence-electron chi connectivity index (χ1n) is 12.4. The fourth-order valence-electron chi connectivity index (χ4n) is 4.29. The van der Waals surface area contributed by atoms with Crippen molar-refractivity contribution in [1.82, 2.24) is 0 Å². The van der Waals surface area contributed by atoms with Crippen molar-refractivity contribution in [2.75, 3.05) is 29.4 Å². The predicted molar refractivity (Wildman–Crippen MR) is 149 cm³/mol. The maximum absolute atomic E-state index is 13.7. The van der Waals surface area contributed by atoms with E-state index in [0.29, 0.717) is 27.9 Å². The number of amides is 1. The Bertz CT molecular complexity index is 1400. The number of benzene rings is 2. The number of nitrogens with one attached hydrogen (secondary N) is 1. The van der Waals surface area contributed by atoms with Crippen LogP contribution in [0.15, 0.2) is 53.4 Å². The lowest BCUT2D eigenvalue weighted by Crippen LogP contribution is -2.38. The van der Waals surface area contributed by atoms with Crippen LogP contribution < -0.4 is 14.4 Å². The average molecular weight is 577 g/mol. The standard InChI is InChI=1S/C27H29ClN2O6S2/c1-3-35-20-13-11-19(12-14-20)30(38(33,34)21-15-9-18(28)10-16-21)17-24(31)29-26-25(27(32)36-4-2)22-7-5-6-8-23(22)37-26/h9-16H,3-8,17H2,1-2H3,(H,29,31). The number of fused-ring (bicyclic) bond motifs is 1. The van der Waals surface area contributed by atoms with Gasteiger partial charge in [-0.3, -0.25) is 9.10 Å². The molecule has 11 heteroatoms. The molecule has 0 saturated heterocycles. The summed E-state index contributed by atoms with van der Waals surface area (Å²) in [5, 5.41) is 3.57. The lowest BCUT2D eigenvalue weighted by atomic mass is 9.95. The van der Waals surface area contributed by atoms with Crippen LogP contribution in [-0.4, -0.2) is 40.1 Å². The Morgan fingerprint density at radius 2 is 1.68 bits per heavy atom. The summed E-state index contributed by atoms with van der Waals surface area (Å²) in [6.07, 6.45) is 3.52. The van der Waals surface area contributed by atoms with Crippen LogP contribution in [0.3, 0.4) is 0 Å². The SMILES string of the molecule is CCOC(=O)c1c(NC(=O)CN(c2ccc(OCC)cc2)S(=O)(=O)c2ccc(Cl)cc2)sc2c1CCCC2. The van der Waals surface area contributed by atoms with Gasteiger partial charge in [-0.05, 0) is 93.6 Å². The highest BCUT2D eigenvalue weighted by Gasteiger charge is 2.30. The largest absolute Gasteiger partial charge is 0.494 e. The summed E-state index contributed by atoms with van der Waals surface area (Å²) in [4.78, 5) is 27.2. The smallest absolute Gasteiger partial charge is 0.341 e. The number of hydrogen-bond acceptors (Lipinski definition) is 7. The highest BCUT2D eigenvalue weighted by atomic mass is 35.5. The molecule has 1 amide bonds. The molecule has 0 fully saturated rings. The maximum Gasteiger partial charge on any atom is 0.341 e. The van der Waals surface area contributed by atoms with Crippen molar-refractivity contribution in [2.24, 2.45) is 0 Å². The van der Waals surface area contributed by atoms with Gasteiger partial charge in [-0.15, -0.1) is 11.3 Å². The first kappa shape index (κ1) is 27.9. The zero-order valence-corrected chi connectivity index (χ0v) is 23.5. The van der Waals surface area contributed by atoms with Crippen LogP contribution in [-0.2, 0) is 32.4 Å². The van der Waals surface area contributed by atoms with E-state index >= 15 is 0 Å². The lowest BCUT2D eigenvalue weighted by Gasteiger charge is -2.24. The summed E-state index contributed by atoms with van der Waals surface area (Å²) in [7, 11) is -4.14. The number of anilines is 2. The van der Waals surface area contributed by atoms with Gasteiger partial charge in [0.1, 0.15) is 17.3 Å². The van der Waals surface area contributed by atoms with Crippen molar-refractivity contribution >= 4 is 55.5 Å². The first-order chi connectivity index (χ1) is 18.2. The third-order valence-corrected chi connectivity index (χ3v) is 9.28. The van der Waals surface area contributed by atoms with Crippen LogP contribution in [0, 0.1) is 0 Å². The number of hydrogen-bond donors (Lipinski definition) is 1. The normalized spacial score (nSPS) is 12.9. The van der Waals surface area contributed by atoms with Crippen LogP contribution in [0.1, 0.15) is 47.5 Å². The lowest BCUT2D eigenvalue weighted by molar-refractivity contribution is -0.114. The molecule has 1 aliphatic rings. The summed E-state index contributed by atoms with van der Waals surface area (Å²) < 4.78 is 39.1. The van der Waals surface area contributed by atoms with Crippen LogP contribution in [0.25, 0.3) is 0 Å². The third-order valence-electron chi connectivity index (χ3n) is 6.03. The second-order valence-electron chi connectivity index (χ2n) is 8.58. The minimum absolute atomic E-state index is 0.0117. The zero-order valence-electron chi connectivity index (χ0n) is 21.2. The number of rotatable bonds is 10. The molecule has 0 atom stereocenters.